The minimum atomic E-state index is 0.0698. The summed E-state index contributed by atoms with van der Waals surface area (Å²) in [6.07, 6.45) is 8.42. The summed E-state index contributed by atoms with van der Waals surface area (Å²) in [5.74, 6) is 0.0698. The number of hydrogen-bond acceptors (Lipinski definition) is 3. The number of hydrogen-bond donors (Lipinski definition) is 0. The Morgan fingerprint density at radius 2 is 1.96 bits per heavy atom. The van der Waals surface area contributed by atoms with E-state index in [0.717, 1.165) is 39.1 Å². The minimum Gasteiger partial charge on any atom is -0.472 e. The molecule has 1 aliphatic rings. The molecule has 0 radical (unpaired) electrons. The maximum Gasteiger partial charge on any atom is 0.257 e. The molecule has 2 heterocycles. The standard InChI is InChI=1S/C19H22N2O2/c22-19(18-9-15-23-16-18)21-12-5-11-20(13-14-21)10-4-8-17-6-2-1-3-7-17/h1-4,6-9,15-16H,5,10-14H2/b8-4+. The summed E-state index contributed by atoms with van der Waals surface area (Å²) >= 11 is 0. The minimum absolute atomic E-state index is 0.0698. The van der Waals surface area contributed by atoms with Gasteiger partial charge in [0.2, 0.25) is 0 Å². The van der Waals surface area contributed by atoms with E-state index in [2.05, 4.69) is 29.2 Å². The van der Waals surface area contributed by atoms with Crippen LogP contribution in [-0.2, 0) is 0 Å². The zero-order chi connectivity index (χ0) is 15.9. The van der Waals surface area contributed by atoms with Crippen molar-refractivity contribution in [1.82, 2.24) is 9.80 Å². The fraction of sp³-hybridized carbons (Fsp3) is 0.316. The van der Waals surface area contributed by atoms with Crippen LogP contribution in [0.3, 0.4) is 0 Å². The Hall–Kier alpha value is -2.33. The molecule has 0 bridgehead atoms. The molecule has 1 fully saturated rings. The third-order valence-corrected chi connectivity index (χ3v) is 4.12. The average molecular weight is 310 g/mol. The van der Waals surface area contributed by atoms with Gasteiger partial charge in [0.15, 0.2) is 0 Å². The molecule has 120 valence electrons. The van der Waals surface area contributed by atoms with E-state index in [9.17, 15) is 4.79 Å². The fourth-order valence-corrected chi connectivity index (χ4v) is 2.83. The van der Waals surface area contributed by atoms with Crippen molar-refractivity contribution in [3.8, 4) is 0 Å². The van der Waals surface area contributed by atoms with Gasteiger partial charge in [0.25, 0.3) is 5.91 Å². The van der Waals surface area contributed by atoms with Gasteiger partial charge in [0.1, 0.15) is 6.26 Å². The van der Waals surface area contributed by atoms with Gasteiger partial charge in [0.05, 0.1) is 11.8 Å². The molecule has 2 aromatic rings. The van der Waals surface area contributed by atoms with Crippen molar-refractivity contribution in [2.75, 3.05) is 32.7 Å². The molecule has 0 saturated carbocycles. The van der Waals surface area contributed by atoms with Crippen molar-refractivity contribution in [3.63, 3.8) is 0 Å². The first kappa shape index (κ1) is 15.6. The van der Waals surface area contributed by atoms with E-state index < -0.39 is 0 Å². The van der Waals surface area contributed by atoms with Gasteiger partial charge in [-0.1, -0.05) is 42.5 Å². The molecule has 0 aliphatic carbocycles. The van der Waals surface area contributed by atoms with Gasteiger partial charge in [-0.2, -0.15) is 0 Å². The lowest BCUT2D eigenvalue weighted by Gasteiger charge is -2.20. The SMILES string of the molecule is O=C(c1ccoc1)N1CCCN(C/C=C/c2ccccc2)CC1. The number of amides is 1. The average Bonchev–Trinajstić information content (AvgIpc) is 3.02. The van der Waals surface area contributed by atoms with Crippen LogP contribution in [0, 0.1) is 0 Å². The van der Waals surface area contributed by atoms with Crippen molar-refractivity contribution < 1.29 is 9.21 Å². The molecule has 3 rings (SSSR count). The van der Waals surface area contributed by atoms with Crippen molar-refractivity contribution in [2.45, 2.75) is 6.42 Å². The molecule has 1 aliphatic heterocycles. The van der Waals surface area contributed by atoms with Crippen molar-refractivity contribution >= 4 is 12.0 Å². The van der Waals surface area contributed by atoms with Gasteiger partial charge in [0, 0.05) is 32.7 Å². The number of carbonyl (C=O) groups is 1. The Morgan fingerprint density at radius 3 is 2.74 bits per heavy atom. The summed E-state index contributed by atoms with van der Waals surface area (Å²) < 4.78 is 5.01. The van der Waals surface area contributed by atoms with Gasteiger partial charge in [-0.3, -0.25) is 9.69 Å². The number of carbonyl (C=O) groups excluding carboxylic acids is 1. The van der Waals surface area contributed by atoms with Crippen LogP contribution in [0.25, 0.3) is 6.08 Å². The van der Waals surface area contributed by atoms with Crippen LogP contribution in [0.1, 0.15) is 22.3 Å². The molecular formula is C19H22N2O2. The Labute approximate surface area is 137 Å². The van der Waals surface area contributed by atoms with Crippen LogP contribution in [0.5, 0.6) is 0 Å². The molecule has 4 nitrogen and oxygen atoms in total. The second-order valence-electron chi connectivity index (χ2n) is 5.77. The third kappa shape index (κ3) is 4.33. The molecule has 0 spiro atoms. The topological polar surface area (TPSA) is 36.7 Å². The molecule has 0 atom stereocenters. The lowest BCUT2D eigenvalue weighted by molar-refractivity contribution is 0.0761. The molecule has 23 heavy (non-hydrogen) atoms. The fourth-order valence-electron chi connectivity index (χ4n) is 2.83. The molecule has 1 amide bonds. The molecule has 4 heteroatoms. The number of rotatable bonds is 4. The van der Waals surface area contributed by atoms with Gasteiger partial charge >= 0.3 is 0 Å². The molecule has 0 N–H and O–H groups in total. The van der Waals surface area contributed by atoms with Crippen molar-refractivity contribution in [1.29, 1.82) is 0 Å². The predicted molar refractivity (Wildman–Crippen MR) is 91.1 cm³/mol. The highest BCUT2D eigenvalue weighted by Gasteiger charge is 2.20. The van der Waals surface area contributed by atoms with Crippen molar-refractivity contribution in [3.05, 3.63) is 66.1 Å². The van der Waals surface area contributed by atoms with Crippen molar-refractivity contribution in [2.24, 2.45) is 0 Å². The number of nitrogens with zero attached hydrogens (tertiary/aromatic N) is 2. The first-order valence-electron chi connectivity index (χ1n) is 8.08. The molecule has 1 aromatic carbocycles. The third-order valence-electron chi connectivity index (χ3n) is 4.12. The molecule has 1 aromatic heterocycles. The molecule has 1 saturated heterocycles. The Bertz CT molecular complexity index is 635. The highest BCUT2D eigenvalue weighted by molar-refractivity contribution is 5.93. The Morgan fingerprint density at radius 1 is 1.09 bits per heavy atom. The van der Waals surface area contributed by atoms with E-state index in [-0.39, 0.29) is 5.91 Å². The van der Waals surface area contributed by atoms with Gasteiger partial charge < -0.3 is 9.32 Å². The first-order chi connectivity index (χ1) is 11.3. The summed E-state index contributed by atoms with van der Waals surface area (Å²) in [6.45, 7) is 4.42. The number of furan rings is 1. The quantitative estimate of drug-likeness (QED) is 0.870. The highest BCUT2D eigenvalue weighted by Crippen LogP contribution is 2.10. The zero-order valence-electron chi connectivity index (χ0n) is 13.2. The molecular weight excluding hydrogens is 288 g/mol. The van der Waals surface area contributed by atoms with E-state index >= 15 is 0 Å². The van der Waals surface area contributed by atoms with Crippen LogP contribution >= 0.6 is 0 Å². The van der Waals surface area contributed by atoms with Crippen LogP contribution in [0.2, 0.25) is 0 Å². The summed E-state index contributed by atoms with van der Waals surface area (Å²) in [7, 11) is 0. The maximum absolute atomic E-state index is 12.4. The normalized spacial score (nSPS) is 16.6. The van der Waals surface area contributed by atoms with Gasteiger partial charge in [-0.15, -0.1) is 0 Å². The first-order valence-corrected chi connectivity index (χ1v) is 8.08. The summed E-state index contributed by atoms with van der Waals surface area (Å²) in [5, 5.41) is 0. The highest BCUT2D eigenvalue weighted by atomic mass is 16.3. The monoisotopic (exact) mass is 310 g/mol. The second kappa shape index (κ2) is 7.79. The Kier molecular flexibility index (Phi) is 5.27. The lowest BCUT2D eigenvalue weighted by atomic mass is 10.2. The lowest BCUT2D eigenvalue weighted by Crippen LogP contribution is -2.35. The maximum atomic E-state index is 12.4. The predicted octanol–water partition coefficient (Wildman–Crippen LogP) is 3.14. The van der Waals surface area contributed by atoms with Crippen LogP contribution < -0.4 is 0 Å². The Balaban J connectivity index is 1.50. The largest absolute Gasteiger partial charge is 0.472 e. The smallest absolute Gasteiger partial charge is 0.257 e. The summed E-state index contributed by atoms with van der Waals surface area (Å²) in [5.41, 5.74) is 1.86. The van der Waals surface area contributed by atoms with Crippen LogP contribution in [0.4, 0.5) is 0 Å². The van der Waals surface area contributed by atoms with E-state index in [1.54, 1.807) is 12.3 Å². The van der Waals surface area contributed by atoms with Gasteiger partial charge in [-0.05, 0) is 18.1 Å². The van der Waals surface area contributed by atoms with E-state index in [4.69, 9.17) is 4.42 Å². The number of benzene rings is 1. The van der Waals surface area contributed by atoms with Gasteiger partial charge in [-0.25, -0.2) is 0 Å². The van der Waals surface area contributed by atoms with Crippen LogP contribution in [-0.4, -0.2) is 48.4 Å². The van der Waals surface area contributed by atoms with Crippen LogP contribution in [0.15, 0.2) is 59.4 Å². The second-order valence-corrected chi connectivity index (χ2v) is 5.77. The van der Waals surface area contributed by atoms with E-state index in [0.29, 0.717) is 5.56 Å². The summed E-state index contributed by atoms with van der Waals surface area (Å²) in [4.78, 5) is 16.7. The van der Waals surface area contributed by atoms with E-state index in [1.807, 2.05) is 23.1 Å². The van der Waals surface area contributed by atoms with E-state index in [1.165, 1.54) is 11.8 Å². The molecule has 0 unspecified atom stereocenters. The zero-order valence-corrected chi connectivity index (χ0v) is 13.2. The summed E-state index contributed by atoms with van der Waals surface area (Å²) in [6, 6.07) is 12.1.